The fraction of sp³-hybridized carbons (Fsp3) is 0.294. The van der Waals surface area contributed by atoms with Crippen LogP contribution in [-0.4, -0.2) is 28.1 Å². The Balaban J connectivity index is 1.84. The number of aromatic amines is 2. The van der Waals surface area contributed by atoms with Crippen LogP contribution in [0.5, 0.6) is 5.75 Å². The van der Waals surface area contributed by atoms with Crippen molar-refractivity contribution in [2.24, 2.45) is 0 Å². The van der Waals surface area contributed by atoms with Gasteiger partial charge in [-0.2, -0.15) is 0 Å². The van der Waals surface area contributed by atoms with E-state index in [1.54, 1.807) is 6.33 Å². The Labute approximate surface area is 132 Å². The monoisotopic (exact) mass is 310 g/mol. The second-order valence-corrected chi connectivity index (χ2v) is 5.64. The summed E-state index contributed by atoms with van der Waals surface area (Å²) in [4.78, 5) is 23.0. The summed E-state index contributed by atoms with van der Waals surface area (Å²) in [6.07, 6.45) is 2.58. The fourth-order valence-corrected chi connectivity index (χ4v) is 3.15. The van der Waals surface area contributed by atoms with Gasteiger partial charge >= 0.3 is 0 Å². The lowest BCUT2D eigenvalue weighted by molar-refractivity contribution is 0.340. The van der Waals surface area contributed by atoms with E-state index in [9.17, 15) is 4.79 Å². The van der Waals surface area contributed by atoms with Gasteiger partial charge in [0.25, 0.3) is 5.56 Å². The minimum absolute atomic E-state index is 0.0880. The molecule has 1 atom stereocenters. The quantitative estimate of drug-likeness (QED) is 0.690. The molecule has 1 aliphatic rings. The highest BCUT2D eigenvalue weighted by Gasteiger charge is 2.26. The Morgan fingerprint density at radius 3 is 3.13 bits per heavy atom. The third-order valence-electron chi connectivity index (χ3n) is 4.21. The van der Waals surface area contributed by atoms with E-state index in [1.807, 2.05) is 31.2 Å². The molecule has 0 aliphatic carbocycles. The SMILES string of the molecule is CCOc1ccc2[nH]c(=O)c([C@@H]3NCCc4[nH]cnc43)cc2c1. The Hall–Kier alpha value is -2.60. The maximum Gasteiger partial charge on any atom is 0.253 e. The number of ether oxygens (including phenoxy) is 1. The third kappa shape index (κ3) is 2.41. The van der Waals surface area contributed by atoms with Crippen molar-refractivity contribution in [3.63, 3.8) is 0 Å². The van der Waals surface area contributed by atoms with Gasteiger partial charge in [-0.25, -0.2) is 4.98 Å². The van der Waals surface area contributed by atoms with Crippen LogP contribution in [0.2, 0.25) is 0 Å². The molecule has 0 unspecified atom stereocenters. The molecule has 2 aromatic heterocycles. The van der Waals surface area contributed by atoms with E-state index < -0.39 is 0 Å². The maximum atomic E-state index is 12.5. The highest BCUT2D eigenvalue weighted by Crippen LogP contribution is 2.26. The molecule has 0 saturated heterocycles. The topological polar surface area (TPSA) is 82.8 Å². The molecule has 23 heavy (non-hydrogen) atoms. The molecule has 0 bridgehead atoms. The largest absolute Gasteiger partial charge is 0.494 e. The van der Waals surface area contributed by atoms with E-state index in [0.717, 1.165) is 41.0 Å². The minimum atomic E-state index is -0.186. The predicted octanol–water partition coefficient (Wildman–Crippen LogP) is 1.88. The molecule has 3 aromatic rings. The number of fused-ring (bicyclic) bond motifs is 2. The average Bonchev–Trinajstić information content (AvgIpc) is 3.03. The van der Waals surface area contributed by atoms with E-state index >= 15 is 0 Å². The second-order valence-electron chi connectivity index (χ2n) is 5.64. The van der Waals surface area contributed by atoms with E-state index in [1.165, 1.54) is 0 Å². The molecule has 6 nitrogen and oxygen atoms in total. The molecule has 0 radical (unpaired) electrons. The van der Waals surface area contributed by atoms with Crippen molar-refractivity contribution >= 4 is 10.9 Å². The Morgan fingerprint density at radius 2 is 2.26 bits per heavy atom. The van der Waals surface area contributed by atoms with Gasteiger partial charge in [0.15, 0.2) is 0 Å². The molecule has 0 amide bonds. The van der Waals surface area contributed by atoms with Crippen LogP contribution in [0.15, 0.2) is 35.4 Å². The summed E-state index contributed by atoms with van der Waals surface area (Å²) in [5.41, 5.74) is 3.40. The average molecular weight is 310 g/mol. The molecular weight excluding hydrogens is 292 g/mol. The molecule has 1 aliphatic heterocycles. The zero-order valence-electron chi connectivity index (χ0n) is 12.8. The number of imidazole rings is 1. The lowest BCUT2D eigenvalue weighted by Gasteiger charge is -2.23. The Morgan fingerprint density at radius 1 is 1.35 bits per heavy atom. The molecule has 0 fully saturated rings. The summed E-state index contributed by atoms with van der Waals surface area (Å²) in [5, 5.41) is 4.34. The number of pyridine rings is 1. The zero-order valence-corrected chi connectivity index (χ0v) is 12.8. The number of hydrogen-bond donors (Lipinski definition) is 3. The van der Waals surface area contributed by atoms with Crippen molar-refractivity contribution in [2.45, 2.75) is 19.4 Å². The maximum absolute atomic E-state index is 12.5. The van der Waals surface area contributed by atoms with Crippen LogP contribution in [0.1, 0.15) is 29.9 Å². The molecule has 118 valence electrons. The number of nitrogens with one attached hydrogen (secondary N) is 3. The summed E-state index contributed by atoms with van der Waals surface area (Å²) >= 11 is 0. The lowest BCUT2D eigenvalue weighted by atomic mass is 9.98. The summed E-state index contributed by atoms with van der Waals surface area (Å²) in [6, 6.07) is 7.44. The van der Waals surface area contributed by atoms with Crippen LogP contribution >= 0.6 is 0 Å². The lowest BCUT2D eigenvalue weighted by Crippen LogP contribution is -2.34. The van der Waals surface area contributed by atoms with Crippen molar-refractivity contribution in [1.82, 2.24) is 20.3 Å². The molecule has 6 heteroatoms. The first-order chi connectivity index (χ1) is 11.3. The Bertz CT molecular complexity index is 912. The van der Waals surface area contributed by atoms with E-state index in [0.29, 0.717) is 12.2 Å². The van der Waals surface area contributed by atoms with E-state index in [4.69, 9.17) is 4.74 Å². The van der Waals surface area contributed by atoms with Crippen LogP contribution in [-0.2, 0) is 6.42 Å². The molecule has 4 rings (SSSR count). The summed E-state index contributed by atoms with van der Waals surface area (Å²) in [6.45, 7) is 3.38. The van der Waals surface area contributed by atoms with Crippen molar-refractivity contribution < 1.29 is 4.74 Å². The first-order valence-electron chi connectivity index (χ1n) is 7.81. The number of rotatable bonds is 3. The van der Waals surface area contributed by atoms with Crippen LogP contribution in [0.25, 0.3) is 10.9 Å². The third-order valence-corrected chi connectivity index (χ3v) is 4.21. The van der Waals surface area contributed by atoms with Gasteiger partial charge in [-0.1, -0.05) is 0 Å². The highest BCUT2D eigenvalue weighted by molar-refractivity contribution is 5.80. The first-order valence-corrected chi connectivity index (χ1v) is 7.81. The van der Waals surface area contributed by atoms with Gasteiger partial charge in [-0.05, 0) is 31.2 Å². The highest BCUT2D eigenvalue weighted by atomic mass is 16.5. The van der Waals surface area contributed by atoms with Crippen LogP contribution in [0, 0.1) is 0 Å². The van der Waals surface area contributed by atoms with Crippen LogP contribution in [0.3, 0.4) is 0 Å². The molecule has 1 aromatic carbocycles. The Kier molecular flexibility index (Phi) is 3.38. The summed E-state index contributed by atoms with van der Waals surface area (Å²) in [5.74, 6) is 0.801. The second kappa shape index (κ2) is 5.55. The summed E-state index contributed by atoms with van der Waals surface area (Å²) < 4.78 is 5.55. The van der Waals surface area contributed by atoms with Gasteiger partial charge in [-0.15, -0.1) is 0 Å². The normalized spacial score (nSPS) is 17.2. The van der Waals surface area contributed by atoms with Crippen LogP contribution < -0.4 is 15.6 Å². The van der Waals surface area contributed by atoms with Crippen molar-refractivity contribution in [3.05, 3.63) is 57.9 Å². The molecular formula is C17H18N4O2. The summed E-state index contributed by atoms with van der Waals surface area (Å²) in [7, 11) is 0. The van der Waals surface area contributed by atoms with Gasteiger partial charge in [0.2, 0.25) is 0 Å². The van der Waals surface area contributed by atoms with Crippen molar-refractivity contribution in [2.75, 3.05) is 13.2 Å². The van der Waals surface area contributed by atoms with Gasteiger partial charge in [0.05, 0.1) is 24.7 Å². The van der Waals surface area contributed by atoms with Crippen LogP contribution in [0.4, 0.5) is 0 Å². The van der Waals surface area contributed by atoms with Crippen molar-refractivity contribution in [3.8, 4) is 5.75 Å². The van der Waals surface area contributed by atoms with Gasteiger partial charge in [0, 0.05) is 35.1 Å². The smallest absolute Gasteiger partial charge is 0.253 e. The molecule has 3 heterocycles. The van der Waals surface area contributed by atoms with Gasteiger partial charge in [0.1, 0.15) is 5.75 Å². The standard InChI is InChI=1S/C17H18N4O2/c1-2-23-11-3-4-13-10(7-11)8-12(17(22)21-13)15-16-14(5-6-18-15)19-9-20-16/h3-4,7-9,15,18H,2,5-6H2,1H3,(H,19,20)(H,21,22)/t15-/m0/s1. The van der Waals surface area contributed by atoms with Crippen molar-refractivity contribution in [1.29, 1.82) is 0 Å². The van der Waals surface area contributed by atoms with Gasteiger partial charge < -0.3 is 20.0 Å². The number of nitrogens with zero attached hydrogens (tertiary/aromatic N) is 1. The first kappa shape index (κ1) is 14.0. The predicted molar refractivity (Wildman–Crippen MR) is 87.9 cm³/mol. The zero-order chi connectivity index (χ0) is 15.8. The number of H-pyrrole nitrogens is 2. The molecule has 0 spiro atoms. The molecule has 3 N–H and O–H groups in total. The van der Waals surface area contributed by atoms with E-state index in [-0.39, 0.29) is 11.6 Å². The molecule has 0 saturated carbocycles. The van der Waals surface area contributed by atoms with Gasteiger partial charge in [-0.3, -0.25) is 4.79 Å². The number of benzene rings is 1. The number of aromatic nitrogens is 3. The minimum Gasteiger partial charge on any atom is -0.494 e. The number of hydrogen-bond acceptors (Lipinski definition) is 4. The fourth-order valence-electron chi connectivity index (χ4n) is 3.15. The van der Waals surface area contributed by atoms with E-state index in [2.05, 4.69) is 20.3 Å².